The highest BCUT2D eigenvalue weighted by molar-refractivity contribution is 5.91. The average Bonchev–Trinajstić information content (AvgIpc) is 2.83. The number of para-hydroxylation sites is 1. The van der Waals surface area contributed by atoms with E-state index in [2.05, 4.69) is 22.5 Å². The fraction of sp³-hybridized carbons (Fsp3) is 0.267. The van der Waals surface area contributed by atoms with Gasteiger partial charge in [-0.3, -0.25) is 0 Å². The van der Waals surface area contributed by atoms with Crippen molar-refractivity contribution in [3.8, 4) is 0 Å². The second-order valence-electron chi connectivity index (χ2n) is 4.73. The van der Waals surface area contributed by atoms with E-state index in [9.17, 15) is 4.39 Å². The molecule has 2 aromatic rings. The lowest BCUT2D eigenvalue weighted by Crippen LogP contribution is -2.15. The molecule has 0 radical (unpaired) electrons. The molecule has 0 atom stereocenters. The number of rotatable bonds is 2. The molecule has 0 amide bonds. The van der Waals surface area contributed by atoms with E-state index in [4.69, 9.17) is 0 Å². The number of nitrogens with zero attached hydrogens (tertiary/aromatic N) is 1. The van der Waals surface area contributed by atoms with E-state index in [1.807, 2.05) is 19.1 Å². The summed E-state index contributed by atoms with van der Waals surface area (Å²) in [4.78, 5) is 4.28. The number of anilines is 1. The molecule has 18 heavy (non-hydrogen) atoms. The Hall–Kier alpha value is -1.90. The summed E-state index contributed by atoms with van der Waals surface area (Å²) in [7, 11) is 0. The molecule has 3 rings (SSSR count). The monoisotopic (exact) mass is 242 g/mol. The zero-order valence-electron chi connectivity index (χ0n) is 10.3. The van der Waals surface area contributed by atoms with Crippen LogP contribution in [0.5, 0.6) is 0 Å². The van der Waals surface area contributed by atoms with Crippen molar-refractivity contribution in [2.75, 3.05) is 5.32 Å². The van der Waals surface area contributed by atoms with E-state index in [1.54, 1.807) is 6.07 Å². The molecule has 2 nitrogen and oxygen atoms in total. The summed E-state index contributed by atoms with van der Waals surface area (Å²) in [6.07, 6.45) is 6.40. The van der Waals surface area contributed by atoms with Crippen molar-refractivity contribution < 1.29 is 4.39 Å². The smallest absolute Gasteiger partial charge is 0.149 e. The first-order valence-electron chi connectivity index (χ1n) is 6.21. The molecular weight excluding hydrogens is 227 g/mol. The molecule has 1 aliphatic carbocycles. The molecular formula is C15H15FN2. The van der Waals surface area contributed by atoms with Crippen LogP contribution >= 0.6 is 0 Å². The highest BCUT2D eigenvalue weighted by atomic mass is 19.1. The van der Waals surface area contributed by atoms with Crippen LogP contribution in [0, 0.1) is 12.7 Å². The summed E-state index contributed by atoms with van der Waals surface area (Å²) in [5.74, 6) is -0.260. The molecule has 0 saturated carbocycles. The van der Waals surface area contributed by atoms with Crippen molar-refractivity contribution in [2.24, 2.45) is 0 Å². The molecule has 1 heterocycles. The minimum absolute atomic E-state index is 0.260. The molecule has 0 aliphatic heterocycles. The van der Waals surface area contributed by atoms with E-state index in [-0.39, 0.29) is 5.82 Å². The predicted octanol–water partition coefficient (Wildman–Crippen LogP) is 3.81. The first-order chi connectivity index (χ1) is 8.74. The van der Waals surface area contributed by atoms with Gasteiger partial charge < -0.3 is 5.32 Å². The highest BCUT2D eigenvalue weighted by Gasteiger charge is 2.13. The minimum atomic E-state index is -0.260. The Balaban J connectivity index is 2.07. The van der Waals surface area contributed by atoms with Gasteiger partial charge in [0.1, 0.15) is 11.3 Å². The van der Waals surface area contributed by atoms with Crippen LogP contribution in [0.25, 0.3) is 10.9 Å². The van der Waals surface area contributed by atoms with Gasteiger partial charge in [-0.1, -0.05) is 24.3 Å². The number of pyridine rings is 1. The number of fused-ring (bicyclic) bond motifs is 1. The van der Waals surface area contributed by atoms with Gasteiger partial charge in [-0.15, -0.1) is 0 Å². The maximum absolute atomic E-state index is 13.8. The van der Waals surface area contributed by atoms with Crippen LogP contribution < -0.4 is 5.32 Å². The SMILES string of the molecule is Cc1cc(NC2CC=CC2)c2cccc(F)c2n1. The highest BCUT2D eigenvalue weighted by Crippen LogP contribution is 2.27. The van der Waals surface area contributed by atoms with E-state index in [1.165, 1.54) is 6.07 Å². The minimum Gasteiger partial charge on any atom is -0.381 e. The molecule has 1 aromatic heterocycles. The molecule has 1 aliphatic rings. The van der Waals surface area contributed by atoms with Gasteiger partial charge in [0.2, 0.25) is 0 Å². The van der Waals surface area contributed by atoms with Crippen LogP contribution in [0.3, 0.4) is 0 Å². The number of hydrogen-bond donors (Lipinski definition) is 1. The lowest BCUT2D eigenvalue weighted by molar-refractivity contribution is 0.636. The third kappa shape index (κ3) is 1.96. The molecule has 0 spiro atoms. The zero-order chi connectivity index (χ0) is 12.5. The van der Waals surface area contributed by atoms with Gasteiger partial charge in [0, 0.05) is 22.8 Å². The molecule has 1 aromatic carbocycles. The van der Waals surface area contributed by atoms with Crippen LogP contribution in [0.1, 0.15) is 18.5 Å². The van der Waals surface area contributed by atoms with Crippen LogP contribution in [-0.2, 0) is 0 Å². The van der Waals surface area contributed by atoms with Gasteiger partial charge >= 0.3 is 0 Å². The topological polar surface area (TPSA) is 24.9 Å². The predicted molar refractivity (Wildman–Crippen MR) is 72.2 cm³/mol. The van der Waals surface area contributed by atoms with Crippen molar-refractivity contribution in [3.63, 3.8) is 0 Å². The van der Waals surface area contributed by atoms with Gasteiger partial charge in [0.05, 0.1) is 0 Å². The number of halogens is 1. The molecule has 0 unspecified atom stereocenters. The fourth-order valence-electron chi connectivity index (χ4n) is 2.42. The summed E-state index contributed by atoms with van der Waals surface area (Å²) < 4.78 is 13.8. The molecule has 3 heteroatoms. The molecule has 1 N–H and O–H groups in total. The quantitative estimate of drug-likeness (QED) is 0.810. The Morgan fingerprint density at radius 2 is 2.06 bits per heavy atom. The average molecular weight is 242 g/mol. The van der Waals surface area contributed by atoms with E-state index < -0.39 is 0 Å². The van der Waals surface area contributed by atoms with Crippen molar-refractivity contribution in [3.05, 3.63) is 47.9 Å². The maximum atomic E-state index is 13.8. The maximum Gasteiger partial charge on any atom is 0.149 e. The van der Waals surface area contributed by atoms with Crippen LogP contribution in [-0.4, -0.2) is 11.0 Å². The molecule has 0 fully saturated rings. The standard InChI is InChI=1S/C15H15FN2/c1-10-9-14(18-11-5-2-3-6-11)12-7-4-8-13(16)15(12)17-10/h2-4,7-9,11H,5-6H2,1H3,(H,17,18). The Morgan fingerprint density at radius 1 is 1.28 bits per heavy atom. The summed E-state index contributed by atoms with van der Waals surface area (Å²) in [6.45, 7) is 1.89. The zero-order valence-corrected chi connectivity index (χ0v) is 10.3. The van der Waals surface area contributed by atoms with Crippen LogP contribution in [0.4, 0.5) is 10.1 Å². The number of hydrogen-bond acceptors (Lipinski definition) is 2. The van der Waals surface area contributed by atoms with E-state index in [0.717, 1.165) is 29.6 Å². The van der Waals surface area contributed by atoms with Gasteiger partial charge in [-0.05, 0) is 31.9 Å². The van der Waals surface area contributed by atoms with Crippen LogP contribution in [0.2, 0.25) is 0 Å². The lowest BCUT2D eigenvalue weighted by atomic mass is 10.1. The summed E-state index contributed by atoms with van der Waals surface area (Å²) in [5.41, 5.74) is 2.26. The normalized spacial score (nSPS) is 15.4. The lowest BCUT2D eigenvalue weighted by Gasteiger charge is -2.16. The molecule has 0 bridgehead atoms. The van der Waals surface area contributed by atoms with Crippen molar-refractivity contribution in [2.45, 2.75) is 25.8 Å². The van der Waals surface area contributed by atoms with Gasteiger partial charge in [-0.25, -0.2) is 9.37 Å². The number of aryl methyl sites for hydroxylation is 1. The first kappa shape index (κ1) is 11.2. The second kappa shape index (κ2) is 4.41. The van der Waals surface area contributed by atoms with Crippen LogP contribution in [0.15, 0.2) is 36.4 Å². The number of benzene rings is 1. The van der Waals surface area contributed by atoms with Crippen molar-refractivity contribution in [1.29, 1.82) is 0 Å². The molecule has 92 valence electrons. The Bertz CT molecular complexity index is 611. The first-order valence-corrected chi connectivity index (χ1v) is 6.21. The third-order valence-electron chi connectivity index (χ3n) is 3.29. The number of aromatic nitrogens is 1. The van der Waals surface area contributed by atoms with Gasteiger partial charge in [0.25, 0.3) is 0 Å². The Labute approximate surface area is 106 Å². The summed E-state index contributed by atoms with van der Waals surface area (Å²) >= 11 is 0. The van der Waals surface area contributed by atoms with Gasteiger partial charge in [-0.2, -0.15) is 0 Å². The largest absolute Gasteiger partial charge is 0.381 e. The Kier molecular flexibility index (Phi) is 2.74. The summed E-state index contributed by atoms with van der Waals surface area (Å²) in [5, 5.41) is 4.34. The second-order valence-corrected chi connectivity index (χ2v) is 4.73. The van der Waals surface area contributed by atoms with Crippen molar-refractivity contribution >= 4 is 16.6 Å². The summed E-state index contributed by atoms with van der Waals surface area (Å²) in [6, 6.07) is 7.50. The Morgan fingerprint density at radius 3 is 2.83 bits per heavy atom. The van der Waals surface area contributed by atoms with Crippen molar-refractivity contribution in [1.82, 2.24) is 4.98 Å². The third-order valence-corrected chi connectivity index (χ3v) is 3.29. The fourth-order valence-corrected chi connectivity index (χ4v) is 2.42. The van der Waals surface area contributed by atoms with E-state index in [0.29, 0.717) is 11.6 Å². The van der Waals surface area contributed by atoms with E-state index >= 15 is 0 Å². The number of nitrogens with one attached hydrogen (secondary N) is 1. The van der Waals surface area contributed by atoms with Gasteiger partial charge in [0.15, 0.2) is 0 Å². The molecule has 0 saturated heterocycles.